The second-order valence-corrected chi connectivity index (χ2v) is 3.63. The molecule has 0 amide bonds. The van der Waals surface area contributed by atoms with Gasteiger partial charge in [0.25, 0.3) is 0 Å². The van der Waals surface area contributed by atoms with Crippen molar-refractivity contribution in [2.45, 2.75) is 25.5 Å². The quantitative estimate of drug-likeness (QED) is 0.782. The molecule has 0 aromatic carbocycles. The fraction of sp³-hybridized carbons (Fsp3) is 0.545. The molecule has 0 fully saturated rings. The number of Topliss-reactive ketones (excluding diaryl/α,β-unsaturated/α-hetero) is 1. The van der Waals surface area contributed by atoms with Crippen LogP contribution in [0.25, 0.3) is 0 Å². The normalized spacial score (nSPS) is 25.0. The highest BCUT2D eigenvalue weighted by molar-refractivity contribution is 5.75. The van der Waals surface area contributed by atoms with Crippen molar-refractivity contribution in [3.8, 4) is 0 Å². The van der Waals surface area contributed by atoms with Gasteiger partial charge < -0.3 is 10.1 Å². The summed E-state index contributed by atoms with van der Waals surface area (Å²) in [6.07, 6.45) is 1.55. The maximum atomic E-state index is 13.3. The van der Waals surface area contributed by atoms with Gasteiger partial charge in [-0.25, -0.2) is 8.78 Å². The van der Waals surface area contributed by atoms with E-state index in [-0.39, 0.29) is 18.8 Å². The van der Waals surface area contributed by atoms with Crippen molar-refractivity contribution in [1.29, 1.82) is 0 Å². The summed E-state index contributed by atoms with van der Waals surface area (Å²) in [5.41, 5.74) is 0. The average Bonchev–Trinajstić information content (AvgIpc) is 2.16. The van der Waals surface area contributed by atoms with Crippen LogP contribution in [-0.4, -0.2) is 31.6 Å². The van der Waals surface area contributed by atoms with Gasteiger partial charge in [0.2, 0.25) is 0 Å². The summed E-state index contributed by atoms with van der Waals surface area (Å²) >= 11 is 0. The molecule has 0 saturated heterocycles. The lowest BCUT2D eigenvalue weighted by molar-refractivity contribution is -0.118. The Morgan fingerprint density at radius 1 is 1.56 bits per heavy atom. The third-order valence-corrected chi connectivity index (χ3v) is 2.30. The monoisotopic (exact) mass is 231 g/mol. The summed E-state index contributed by atoms with van der Waals surface area (Å²) in [4.78, 5) is 10.7. The molecule has 0 aromatic rings. The van der Waals surface area contributed by atoms with Crippen molar-refractivity contribution >= 4 is 5.78 Å². The Kier molecular flexibility index (Phi) is 4.76. The zero-order valence-electron chi connectivity index (χ0n) is 9.30. The molecule has 1 rings (SSSR count). The predicted molar refractivity (Wildman–Crippen MR) is 56.3 cm³/mol. The van der Waals surface area contributed by atoms with E-state index in [0.717, 1.165) is 6.08 Å². The fourth-order valence-corrected chi connectivity index (χ4v) is 1.46. The lowest BCUT2D eigenvalue weighted by Gasteiger charge is -2.25. The summed E-state index contributed by atoms with van der Waals surface area (Å²) in [7, 11) is 1.57. The third kappa shape index (κ3) is 3.50. The van der Waals surface area contributed by atoms with Crippen molar-refractivity contribution < 1.29 is 18.3 Å². The van der Waals surface area contributed by atoms with Gasteiger partial charge in [-0.3, -0.25) is 4.79 Å². The highest BCUT2D eigenvalue weighted by atomic mass is 19.1. The van der Waals surface area contributed by atoms with Crippen LogP contribution in [0.1, 0.15) is 13.3 Å². The van der Waals surface area contributed by atoms with Crippen LogP contribution in [0.15, 0.2) is 23.8 Å². The number of likely N-dealkylation sites (N-methyl/N-ethyl adjacent to an activating group) is 1. The lowest BCUT2D eigenvalue weighted by atomic mass is 10.0. The molecule has 0 aliphatic heterocycles. The first-order valence-electron chi connectivity index (χ1n) is 5.07. The molecule has 5 heteroatoms. The first-order valence-corrected chi connectivity index (χ1v) is 5.07. The number of halogens is 2. The summed E-state index contributed by atoms with van der Waals surface area (Å²) in [6, 6.07) is -0.688. The number of carbonyl (C=O) groups excluding carboxylic acids is 1. The van der Waals surface area contributed by atoms with E-state index in [2.05, 4.69) is 5.32 Å². The van der Waals surface area contributed by atoms with E-state index in [1.807, 2.05) is 0 Å². The fourth-order valence-electron chi connectivity index (χ4n) is 1.46. The summed E-state index contributed by atoms with van der Waals surface area (Å²) in [5, 5.41) is 2.70. The molecule has 0 heterocycles. The molecule has 0 saturated carbocycles. The number of carbonyl (C=O) groups is 1. The molecule has 0 radical (unpaired) electrons. The van der Waals surface area contributed by atoms with Gasteiger partial charge in [0.1, 0.15) is 23.5 Å². The summed E-state index contributed by atoms with van der Waals surface area (Å²) in [5.74, 6) is -1.27. The van der Waals surface area contributed by atoms with Gasteiger partial charge in [0.05, 0.1) is 12.6 Å². The molecule has 2 unspecified atom stereocenters. The lowest BCUT2D eigenvalue weighted by Crippen LogP contribution is -2.40. The van der Waals surface area contributed by atoms with Crippen LogP contribution < -0.4 is 5.32 Å². The van der Waals surface area contributed by atoms with Crippen molar-refractivity contribution in [1.82, 2.24) is 5.32 Å². The molecule has 0 spiro atoms. The van der Waals surface area contributed by atoms with Gasteiger partial charge in [-0.1, -0.05) is 0 Å². The predicted octanol–water partition coefficient (Wildman–Crippen LogP) is 1.66. The Balaban J connectivity index is 2.57. The maximum Gasteiger partial charge on any atom is 0.132 e. The van der Waals surface area contributed by atoms with Crippen molar-refractivity contribution in [3.63, 3.8) is 0 Å². The minimum absolute atomic E-state index is 0.0164. The molecule has 1 aliphatic carbocycles. The largest absolute Gasteiger partial charge is 0.371 e. The highest BCUT2D eigenvalue weighted by Crippen LogP contribution is 2.22. The van der Waals surface area contributed by atoms with Gasteiger partial charge in [0, 0.05) is 12.5 Å². The summed E-state index contributed by atoms with van der Waals surface area (Å²) < 4.78 is 31.5. The number of rotatable bonds is 5. The Labute approximate surface area is 93.2 Å². The molecule has 90 valence electrons. The smallest absolute Gasteiger partial charge is 0.132 e. The molecular weight excluding hydrogens is 216 g/mol. The third-order valence-electron chi connectivity index (χ3n) is 2.30. The van der Waals surface area contributed by atoms with Crippen LogP contribution in [-0.2, 0) is 9.53 Å². The van der Waals surface area contributed by atoms with Crippen molar-refractivity contribution in [3.05, 3.63) is 23.8 Å². The van der Waals surface area contributed by atoms with E-state index in [1.165, 1.54) is 13.0 Å². The second-order valence-electron chi connectivity index (χ2n) is 3.63. The van der Waals surface area contributed by atoms with Gasteiger partial charge >= 0.3 is 0 Å². The SMILES string of the molecule is CNC1C(F)=CC(F)=CC1OCCC(C)=O. The van der Waals surface area contributed by atoms with Gasteiger partial charge in [-0.05, 0) is 20.0 Å². The Morgan fingerprint density at radius 2 is 2.25 bits per heavy atom. The zero-order chi connectivity index (χ0) is 12.1. The van der Waals surface area contributed by atoms with E-state index in [0.29, 0.717) is 0 Å². The van der Waals surface area contributed by atoms with E-state index in [1.54, 1.807) is 7.05 Å². The number of nitrogens with one attached hydrogen (secondary N) is 1. The zero-order valence-corrected chi connectivity index (χ0v) is 9.30. The molecule has 0 bridgehead atoms. The second kappa shape index (κ2) is 5.86. The molecule has 3 nitrogen and oxygen atoms in total. The van der Waals surface area contributed by atoms with Gasteiger partial charge in [-0.15, -0.1) is 0 Å². The first-order chi connectivity index (χ1) is 7.54. The number of hydrogen-bond donors (Lipinski definition) is 1. The van der Waals surface area contributed by atoms with Gasteiger partial charge in [-0.2, -0.15) is 0 Å². The number of hydrogen-bond acceptors (Lipinski definition) is 3. The Hall–Kier alpha value is -1.07. The minimum atomic E-state index is -0.714. The van der Waals surface area contributed by atoms with E-state index < -0.39 is 23.8 Å². The van der Waals surface area contributed by atoms with Crippen LogP contribution >= 0.6 is 0 Å². The van der Waals surface area contributed by atoms with Crippen molar-refractivity contribution in [2.75, 3.05) is 13.7 Å². The van der Waals surface area contributed by atoms with Crippen LogP contribution in [0.5, 0.6) is 0 Å². The molecule has 1 N–H and O–H groups in total. The molecule has 0 aromatic heterocycles. The number of allylic oxidation sites excluding steroid dienone is 2. The Morgan fingerprint density at radius 3 is 2.81 bits per heavy atom. The van der Waals surface area contributed by atoms with Gasteiger partial charge in [0.15, 0.2) is 0 Å². The van der Waals surface area contributed by atoms with Crippen LogP contribution in [0.2, 0.25) is 0 Å². The van der Waals surface area contributed by atoms with Crippen LogP contribution in [0.4, 0.5) is 8.78 Å². The van der Waals surface area contributed by atoms with Crippen LogP contribution in [0.3, 0.4) is 0 Å². The van der Waals surface area contributed by atoms with Crippen molar-refractivity contribution in [2.24, 2.45) is 0 Å². The minimum Gasteiger partial charge on any atom is -0.371 e. The maximum absolute atomic E-state index is 13.3. The highest BCUT2D eigenvalue weighted by Gasteiger charge is 2.27. The molecule has 2 atom stereocenters. The van der Waals surface area contributed by atoms with E-state index >= 15 is 0 Å². The van der Waals surface area contributed by atoms with E-state index in [4.69, 9.17) is 4.74 Å². The molecule has 1 aliphatic rings. The number of ketones is 1. The Bertz CT molecular complexity index is 326. The van der Waals surface area contributed by atoms with Crippen LogP contribution in [0, 0.1) is 0 Å². The number of ether oxygens (including phenoxy) is 1. The standard InChI is InChI=1S/C11H15F2NO2/c1-7(15)3-4-16-10-6-8(12)5-9(13)11(10)14-2/h5-6,10-11,14H,3-4H2,1-2H3. The molecule has 16 heavy (non-hydrogen) atoms. The summed E-state index contributed by atoms with van der Waals surface area (Å²) in [6.45, 7) is 1.60. The van der Waals surface area contributed by atoms with E-state index in [9.17, 15) is 13.6 Å². The first kappa shape index (κ1) is 13.0. The molecular formula is C11H15F2NO2. The topological polar surface area (TPSA) is 38.3 Å². The average molecular weight is 231 g/mol.